The van der Waals surface area contributed by atoms with E-state index >= 15 is 4.39 Å². The number of aliphatic hydroxyl groups excluding tert-OH is 1. The molecule has 2 N–H and O–H groups in total. The van der Waals surface area contributed by atoms with Gasteiger partial charge in [0.25, 0.3) is 0 Å². The van der Waals surface area contributed by atoms with Crippen LogP contribution >= 0.6 is 0 Å². The highest BCUT2D eigenvalue weighted by Crippen LogP contribution is 2.42. The van der Waals surface area contributed by atoms with E-state index < -0.39 is 42.1 Å². The lowest BCUT2D eigenvalue weighted by Gasteiger charge is -2.37. The number of ether oxygens (including phenoxy) is 4. The van der Waals surface area contributed by atoms with Crippen LogP contribution in [-0.4, -0.2) is 73.9 Å². The molecule has 2 heterocycles. The molecule has 2 aliphatic rings. The topological polar surface area (TPSA) is 107 Å². The summed E-state index contributed by atoms with van der Waals surface area (Å²) in [5.41, 5.74) is 1.13. The minimum Gasteiger partial charge on any atom is -0.497 e. The molecular formula is C30H31FN2O7. The molecule has 0 bridgehead atoms. The van der Waals surface area contributed by atoms with Crippen molar-refractivity contribution in [2.24, 2.45) is 0 Å². The lowest BCUT2D eigenvalue weighted by Crippen LogP contribution is -2.55. The van der Waals surface area contributed by atoms with E-state index in [4.69, 9.17) is 18.9 Å². The Hall–Kier alpha value is -3.99. The van der Waals surface area contributed by atoms with Crippen molar-refractivity contribution in [3.05, 3.63) is 95.6 Å². The van der Waals surface area contributed by atoms with Gasteiger partial charge in [0.1, 0.15) is 29.3 Å². The van der Waals surface area contributed by atoms with E-state index in [0.717, 1.165) is 21.6 Å². The van der Waals surface area contributed by atoms with Crippen molar-refractivity contribution in [3.8, 4) is 11.5 Å². The van der Waals surface area contributed by atoms with Gasteiger partial charge in [0.2, 0.25) is 5.91 Å². The number of benzene rings is 3. The van der Waals surface area contributed by atoms with Crippen molar-refractivity contribution in [2.75, 3.05) is 27.4 Å². The van der Waals surface area contributed by atoms with Crippen molar-refractivity contribution in [1.82, 2.24) is 10.2 Å². The van der Waals surface area contributed by atoms with Gasteiger partial charge in [-0.15, -0.1) is 0 Å². The second-order valence-corrected chi connectivity index (χ2v) is 9.61. The van der Waals surface area contributed by atoms with Crippen LogP contribution in [0, 0.1) is 0 Å². The third-order valence-corrected chi connectivity index (χ3v) is 7.33. The summed E-state index contributed by atoms with van der Waals surface area (Å²) in [6.07, 6.45) is -5.88. The molecule has 40 heavy (non-hydrogen) atoms. The predicted octanol–water partition coefficient (Wildman–Crippen LogP) is 3.38. The maximum absolute atomic E-state index is 15.3. The van der Waals surface area contributed by atoms with Gasteiger partial charge in [-0.3, -0.25) is 15.0 Å². The highest BCUT2D eigenvalue weighted by molar-refractivity contribution is 5.96. The summed E-state index contributed by atoms with van der Waals surface area (Å²) in [4.78, 5) is 25.0. The number of rotatable bonds is 9. The average Bonchev–Trinajstić information content (AvgIpc) is 3.27. The summed E-state index contributed by atoms with van der Waals surface area (Å²) >= 11 is 0. The summed E-state index contributed by atoms with van der Waals surface area (Å²) in [6.45, 7) is -0.221. The molecular weight excluding hydrogens is 519 g/mol. The fourth-order valence-corrected chi connectivity index (χ4v) is 5.19. The number of nitrogens with one attached hydrogen (secondary N) is 1. The van der Waals surface area contributed by atoms with Crippen LogP contribution in [0.4, 0.5) is 9.18 Å². The smallest absolute Gasteiger partial charge is 0.326 e. The van der Waals surface area contributed by atoms with Gasteiger partial charge in [0, 0.05) is 13.0 Å². The Morgan fingerprint density at radius 1 is 0.925 bits per heavy atom. The maximum atomic E-state index is 15.3. The summed E-state index contributed by atoms with van der Waals surface area (Å²) in [5.74, 6) is 0.884. The molecule has 3 amide bonds. The predicted molar refractivity (Wildman–Crippen MR) is 143 cm³/mol. The van der Waals surface area contributed by atoms with Gasteiger partial charge in [-0.1, -0.05) is 54.6 Å². The molecule has 2 aliphatic heterocycles. The number of methoxy groups -OCH3 is 2. The number of carbonyl (C=O) groups is 2. The zero-order chi connectivity index (χ0) is 28.3. The summed E-state index contributed by atoms with van der Waals surface area (Å²) in [6, 6.07) is 23.6. The van der Waals surface area contributed by atoms with Crippen LogP contribution in [0.5, 0.6) is 11.5 Å². The molecule has 0 unspecified atom stereocenters. The van der Waals surface area contributed by atoms with Crippen LogP contribution in [0.3, 0.4) is 0 Å². The van der Waals surface area contributed by atoms with E-state index in [9.17, 15) is 14.7 Å². The van der Waals surface area contributed by atoms with Gasteiger partial charge < -0.3 is 24.1 Å². The normalized spacial score (nSPS) is 23.1. The monoisotopic (exact) mass is 550 g/mol. The van der Waals surface area contributed by atoms with Gasteiger partial charge in [0.15, 0.2) is 12.4 Å². The number of aliphatic hydroxyl groups is 1. The van der Waals surface area contributed by atoms with Crippen LogP contribution in [0.15, 0.2) is 78.9 Å². The number of nitrogens with zero attached hydrogens (tertiary/aromatic N) is 1. The lowest BCUT2D eigenvalue weighted by molar-refractivity contribution is -0.126. The van der Waals surface area contributed by atoms with E-state index in [1.54, 1.807) is 14.2 Å². The van der Waals surface area contributed by atoms with E-state index in [1.165, 1.54) is 0 Å². The van der Waals surface area contributed by atoms with E-state index in [0.29, 0.717) is 11.5 Å². The molecule has 210 valence electrons. The molecule has 3 aromatic rings. The molecule has 9 nitrogen and oxygen atoms in total. The van der Waals surface area contributed by atoms with Crippen LogP contribution < -0.4 is 14.8 Å². The van der Waals surface area contributed by atoms with Crippen LogP contribution in [0.25, 0.3) is 0 Å². The molecule has 5 rings (SSSR count). The minimum atomic E-state index is -1.89. The number of halogens is 1. The third kappa shape index (κ3) is 5.13. The molecule has 0 spiro atoms. The summed E-state index contributed by atoms with van der Waals surface area (Å²) < 4.78 is 38.6. The second kappa shape index (κ2) is 11.6. The highest BCUT2D eigenvalue weighted by atomic mass is 19.1. The first kappa shape index (κ1) is 27.6. The number of amides is 3. The number of hydrogen-bond acceptors (Lipinski definition) is 7. The van der Waals surface area contributed by atoms with Gasteiger partial charge >= 0.3 is 6.03 Å². The number of hydrogen-bond donors (Lipinski definition) is 2. The molecule has 10 heteroatoms. The second-order valence-electron chi connectivity index (χ2n) is 9.61. The summed E-state index contributed by atoms with van der Waals surface area (Å²) in [7, 11) is 3.17. The van der Waals surface area contributed by atoms with Gasteiger partial charge in [-0.2, -0.15) is 0 Å². The Morgan fingerprint density at radius 2 is 1.48 bits per heavy atom. The van der Waals surface area contributed by atoms with Gasteiger partial charge in [-0.05, 0) is 41.0 Å². The molecule has 0 aliphatic carbocycles. The minimum absolute atomic E-state index is 0.0122. The lowest BCUT2D eigenvalue weighted by atomic mass is 9.80. The number of imide groups is 1. The van der Waals surface area contributed by atoms with Gasteiger partial charge in [-0.25, -0.2) is 9.18 Å². The average molecular weight is 551 g/mol. The Kier molecular flexibility index (Phi) is 8.02. The molecule has 0 aromatic heterocycles. The third-order valence-electron chi connectivity index (χ3n) is 7.33. The Bertz CT molecular complexity index is 1270. The van der Waals surface area contributed by atoms with Crippen molar-refractivity contribution in [3.63, 3.8) is 0 Å². The molecule has 0 radical (unpaired) electrons. The van der Waals surface area contributed by atoms with E-state index in [2.05, 4.69) is 5.32 Å². The zero-order valence-corrected chi connectivity index (χ0v) is 22.2. The van der Waals surface area contributed by atoms with Crippen molar-refractivity contribution in [2.45, 2.75) is 36.6 Å². The summed E-state index contributed by atoms with van der Waals surface area (Å²) in [5, 5.41) is 13.0. The zero-order valence-electron chi connectivity index (χ0n) is 22.2. The fourth-order valence-electron chi connectivity index (χ4n) is 5.19. The Labute approximate surface area is 231 Å². The fraction of sp³-hybridized carbons (Fsp3) is 0.333. The van der Waals surface area contributed by atoms with Crippen molar-refractivity contribution in [1.29, 1.82) is 0 Å². The number of carbonyl (C=O) groups excluding carboxylic acids is 2. The largest absolute Gasteiger partial charge is 0.497 e. The van der Waals surface area contributed by atoms with Crippen molar-refractivity contribution < 1.29 is 38.0 Å². The van der Waals surface area contributed by atoms with E-state index in [-0.39, 0.29) is 19.6 Å². The van der Waals surface area contributed by atoms with Crippen LogP contribution in [-0.2, 0) is 19.9 Å². The van der Waals surface area contributed by atoms with Crippen LogP contribution in [0.1, 0.15) is 23.1 Å². The molecule has 3 aromatic carbocycles. The van der Waals surface area contributed by atoms with Crippen LogP contribution in [0.2, 0.25) is 0 Å². The first-order valence-electron chi connectivity index (χ1n) is 12.9. The first-order chi connectivity index (χ1) is 19.4. The Morgan fingerprint density at radius 3 is 2.00 bits per heavy atom. The molecule has 2 saturated heterocycles. The molecule has 2 fully saturated rings. The standard InChI is InChI=1S/C30H31FN2O7/c1-37-22-12-8-20(9-13-22)30(19-6-4-3-5-7-19,21-10-14-23(38-2)15-11-21)39-18-24-27(35)26(31)28(40-24)33-17-16-25(34)32-29(33)36/h3-15,24,26-28,35H,16-18H2,1-2H3,(H,32,34,36)/t24-,26-,27-,28-/m1/s1. The first-order valence-corrected chi connectivity index (χ1v) is 12.9. The van der Waals surface area contributed by atoms with Gasteiger partial charge in [0.05, 0.1) is 20.8 Å². The molecule has 4 atom stereocenters. The number of urea groups is 1. The Balaban J connectivity index is 1.51. The highest BCUT2D eigenvalue weighted by Gasteiger charge is 2.50. The SMILES string of the molecule is COc1ccc(C(OC[C@H]2O[C@@H](N3CCC(=O)NC3=O)[C@H](F)[C@@H]2O)(c2ccccc2)c2ccc(OC)cc2)cc1. The quantitative estimate of drug-likeness (QED) is 0.394. The number of alkyl halides is 1. The maximum Gasteiger partial charge on any atom is 0.326 e. The van der Waals surface area contributed by atoms with E-state index in [1.807, 2.05) is 78.9 Å². The molecule has 0 saturated carbocycles. The van der Waals surface area contributed by atoms with Crippen molar-refractivity contribution >= 4 is 11.9 Å².